The van der Waals surface area contributed by atoms with Crippen molar-refractivity contribution in [1.29, 1.82) is 0 Å². The zero-order valence-corrected chi connectivity index (χ0v) is 13.9. The van der Waals surface area contributed by atoms with Gasteiger partial charge in [0.05, 0.1) is 17.8 Å². The second-order valence-corrected chi connectivity index (χ2v) is 6.42. The lowest BCUT2D eigenvalue weighted by Crippen LogP contribution is -2.25. The van der Waals surface area contributed by atoms with E-state index in [0.29, 0.717) is 17.9 Å². The Morgan fingerprint density at radius 1 is 1.43 bits per heavy atom. The molecule has 0 saturated heterocycles. The van der Waals surface area contributed by atoms with Gasteiger partial charge in [0.2, 0.25) is 0 Å². The second-order valence-electron chi connectivity index (χ2n) is 5.11. The van der Waals surface area contributed by atoms with Crippen LogP contribution < -0.4 is 10.5 Å². The zero-order chi connectivity index (χ0) is 15.9. The average molecular weight is 312 g/mol. The number of oxime groups is 1. The quantitative estimate of drug-likeness (QED) is 0.254. The molecule has 0 spiro atoms. The molecule has 3 N–H and O–H groups in total. The number of ether oxygens (including phenoxy) is 2. The third-order valence-corrected chi connectivity index (χ3v) is 4.11. The van der Waals surface area contributed by atoms with Gasteiger partial charge in [-0.2, -0.15) is 0 Å². The summed E-state index contributed by atoms with van der Waals surface area (Å²) in [7, 11) is 1.68. The Bertz CT molecular complexity index is 490. The fourth-order valence-corrected chi connectivity index (χ4v) is 2.55. The lowest BCUT2D eigenvalue weighted by atomic mass is 10.1. The highest BCUT2D eigenvalue weighted by Gasteiger charge is 2.18. The van der Waals surface area contributed by atoms with Crippen molar-refractivity contribution in [2.75, 3.05) is 19.5 Å². The molecule has 0 amide bonds. The zero-order valence-electron chi connectivity index (χ0n) is 13.0. The van der Waals surface area contributed by atoms with Crippen molar-refractivity contribution in [3.8, 4) is 5.75 Å². The van der Waals surface area contributed by atoms with Crippen molar-refractivity contribution < 1.29 is 14.7 Å². The van der Waals surface area contributed by atoms with Crippen LogP contribution in [0.4, 0.5) is 0 Å². The molecule has 0 aliphatic rings. The third-order valence-electron chi connectivity index (χ3n) is 3.17. The van der Waals surface area contributed by atoms with E-state index in [9.17, 15) is 0 Å². The van der Waals surface area contributed by atoms with Crippen molar-refractivity contribution in [3.63, 3.8) is 0 Å². The summed E-state index contributed by atoms with van der Waals surface area (Å²) in [4.78, 5) is 0.941. The van der Waals surface area contributed by atoms with Gasteiger partial charge in [-0.1, -0.05) is 18.1 Å². The Kier molecular flexibility index (Phi) is 6.84. The summed E-state index contributed by atoms with van der Waals surface area (Å²) >= 11 is 1.63. The number of benzene rings is 1. The molecular weight excluding hydrogens is 288 g/mol. The van der Waals surface area contributed by atoms with E-state index < -0.39 is 0 Å². The number of hydrogen-bond donors (Lipinski definition) is 2. The maximum Gasteiger partial charge on any atom is 0.174 e. The number of amidine groups is 1. The fraction of sp³-hybridized carbons (Fsp3) is 0.533. The first kappa shape index (κ1) is 17.7. The second kappa shape index (κ2) is 8.14. The average Bonchev–Trinajstić information content (AvgIpc) is 2.47. The van der Waals surface area contributed by atoms with Crippen LogP contribution in [0.1, 0.15) is 32.8 Å². The molecule has 6 heteroatoms. The molecule has 0 aliphatic carbocycles. The lowest BCUT2D eigenvalue weighted by molar-refractivity contribution is 0.00542. The molecule has 1 aromatic rings. The lowest BCUT2D eigenvalue weighted by Gasteiger charge is -2.23. The van der Waals surface area contributed by atoms with Crippen LogP contribution in [0.15, 0.2) is 28.3 Å². The molecule has 5 nitrogen and oxygen atoms in total. The molecule has 0 saturated carbocycles. The smallest absolute Gasteiger partial charge is 0.174 e. The number of rotatable bonds is 8. The SMILES string of the molecule is CCSc1cccc(OCCC(C)(C)OC)c1/C(N)=N/O. The van der Waals surface area contributed by atoms with Crippen LogP contribution in [0.2, 0.25) is 0 Å². The van der Waals surface area contributed by atoms with Crippen LogP contribution in [0.3, 0.4) is 0 Å². The minimum absolute atomic E-state index is 0.0625. The van der Waals surface area contributed by atoms with Crippen LogP contribution in [0.5, 0.6) is 5.75 Å². The molecule has 1 rings (SSSR count). The standard InChI is InChI=1S/C15H24N2O3S/c1-5-21-12-8-6-7-11(13(12)14(16)17-18)20-10-9-15(2,3)19-4/h6-8,18H,5,9-10H2,1-4H3,(H2,16,17). The Labute approximate surface area is 130 Å². The molecular formula is C15H24N2O3S. The molecule has 0 atom stereocenters. The third kappa shape index (κ3) is 5.13. The highest BCUT2D eigenvalue weighted by Crippen LogP contribution is 2.30. The van der Waals surface area contributed by atoms with E-state index in [4.69, 9.17) is 20.4 Å². The van der Waals surface area contributed by atoms with Crippen molar-refractivity contribution in [2.24, 2.45) is 10.9 Å². The summed E-state index contributed by atoms with van der Waals surface area (Å²) in [5, 5.41) is 12.1. The van der Waals surface area contributed by atoms with Crippen LogP contribution in [-0.4, -0.2) is 36.1 Å². The molecule has 0 aliphatic heterocycles. The first-order valence-electron chi connectivity index (χ1n) is 6.86. The fourth-order valence-electron chi connectivity index (χ4n) is 1.72. The van der Waals surface area contributed by atoms with E-state index in [1.54, 1.807) is 18.9 Å². The normalized spacial score (nSPS) is 12.5. The number of nitrogens with two attached hydrogens (primary N) is 1. The summed E-state index contributed by atoms with van der Waals surface area (Å²) in [6, 6.07) is 5.67. The van der Waals surface area contributed by atoms with Gasteiger partial charge in [-0.15, -0.1) is 11.8 Å². The van der Waals surface area contributed by atoms with Crippen LogP contribution in [0, 0.1) is 0 Å². The number of nitrogens with zero attached hydrogens (tertiary/aromatic N) is 1. The molecule has 0 heterocycles. The van der Waals surface area contributed by atoms with Crippen molar-refractivity contribution in [1.82, 2.24) is 0 Å². The van der Waals surface area contributed by atoms with Crippen molar-refractivity contribution >= 4 is 17.6 Å². The van der Waals surface area contributed by atoms with Gasteiger partial charge in [-0.25, -0.2) is 0 Å². The van der Waals surface area contributed by atoms with E-state index in [1.807, 2.05) is 32.0 Å². The molecule has 0 bridgehead atoms. The minimum Gasteiger partial charge on any atom is -0.493 e. The minimum atomic E-state index is -0.243. The molecule has 0 unspecified atom stereocenters. The Hall–Kier alpha value is -1.40. The van der Waals surface area contributed by atoms with Gasteiger partial charge in [0.25, 0.3) is 0 Å². The summed E-state index contributed by atoms with van der Waals surface area (Å²) < 4.78 is 11.2. The van der Waals surface area contributed by atoms with Crippen LogP contribution >= 0.6 is 11.8 Å². The summed E-state index contributed by atoms with van der Waals surface area (Å²) in [6.07, 6.45) is 0.740. The predicted molar refractivity (Wildman–Crippen MR) is 86.6 cm³/mol. The summed E-state index contributed by atoms with van der Waals surface area (Å²) in [5.41, 5.74) is 6.19. The summed E-state index contributed by atoms with van der Waals surface area (Å²) in [5.74, 6) is 1.58. The Balaban J connectivity index is 2.93. The number of methoxy groups -OCH3 is 1. The molecule has 21 heavy (non-hydrogen) atoms. The monoisotopic (exact) mass is 312 g/mol. The highest BCUT2D eigenvalue weighted by atomic mass is 32.2. The largest absolute Gasteiger partial charge is 0.493 e. The maximum atomic E-state index is 8.98. The van der Waals surface area contributed by atoms with Gasteiger partial charge in [0.1, 0.15) is 5.75 Å². The number of hydrogen-bond acceptors (Lipinski definition) is 5. The summed E-state index contributed by atoms with van der Waals surface area (Å²) in [6.45, 7) is 6.55. The Morgan fingerprint density at radius 2 is 2.14 bits per heavy atom. The first-order chi connectivity index (χ1) is 9.95. The molecule has 1 aromatic carbocycles. The molecule has 118 valence electrons. The van der Waals surface area contributed by atoms with Gasteiger partial charge in [0, 0.05) is 18.4 Å². The Morgan fingerprint density at radius 3 is 2.71 bits per heavy atom. The van der Waals surface area contributed by atoms with E-state index in [-0.39, 0.29) is 11.4 Å². The molecule has 0 fully saturated rings. The highest BCUT2D eigenvalue weighted by molar-refractivity contribution is 7.99. The van der Waals surface area contributed by atoms with E-state index >= 15 is 0 Å². The van der Waals surface area contributed by atoms with E-state index in [0.717, 1.165) is 17.1 Å². The van der Waals surface area contributed by atoms with Crippen LogP contribution in [0.25, 0.3) is 0 Å². The first-order valence-corrected chi connectivity index (χ1v) is 7.85. The van der Waals surface area contributed by atoms with Gasteiger partial charge >= 0.3 is 0 Å². The number of thioether (sulfide) groups is 1. The van der Waals surface area contributed by atoms with Crippen LogP contribution in [-0.2, 0) is 4.74 Å². The van der Waals surface area contributed by atoms with Gasteiger partial charge in [0.15, 0.2) is 5.84 Å². The maximum absolute atomic E-state index is 8.98. The molecule has 0 aromatic heterocycles. The van der Waals surface area contributed by atoms with Gasteiger partial charge in [-0.3, -0.25) is 0 Å². The van der Waals surface area contributed by atoms with E-state index in [2.05, 4.69) is 12.1 Å². The van der Waals surface area contributed by atoms with Gasteiger partial charge < -0.3 is 20.4 Å². The van der Waals surface area contributed by atoms with Gasteiger partial charge in [-0.05, 0) is 31.7 Å². The van der Waals surface area contributed by atoms with E-state index in [1.165, 1.54) is 0 Å². The molecule has 0 radical (unpaired) electrons. The topological polar surface area (TPSA) is 77.1 Å². The predicted octanol–water partition coefficient (Wildman–Crippen LogP) is 3.09. The van der Waals surface area contributed by atoms with Crippen molar-refractivity contribution in [3.05, 3.63) is 23.8 Å². The van der Waals surface area contributed by atoms with Crippen molar-refractivity contribution in [2.45, 2.75) is 37.7 Å².